The number of hydrogen-bond donors (Lipinski definition) is 1. The first-order valence-corrected chi connectivity index (χ1v) is 9.03. The fraction of sp³-hybridized carbons (Fsp3) is 0.211. The average molecular weight is 373 g/mol. The normalized spacial score (nSPS) is 12.2. The van der Waals surface area contributed by atoms with E-state index in [0.717, 1.165) is 41.9 Å². The van der Waals surface area contributed by atoms with Crippen molar-refractivity contribution in [3.8, 4) is 11.4 Å². The molecular formula is C19H17F2N3OS. The predicted octanol–water partition coefficient (Wildman–Crippen LogP) is 4.68. The average Bonchev–Trinajstić information content (AvgIpc) is 3.11. The molecule has 4 nitrogen and oxygen atoms in total. The fourth-order valence-electron chi connectivity index (χ4n) is 2.45. The molecule has 0 spiro atoms. The molecule has 0 radical (unpaired) electrons. The van der Waals surface area contributed by atoms with Crippen molar-refractivity contribution in [1.29, 1.82) is 0 Å². The molecule has 0 saturated heterocycles. The quantitative estimate of drug-likeness (QED) is 0.504. The monoisotopic (exact) mass is 373 g/mol. The second-order valence-corrected chi connectivity index (χ2v) is 7.11. The summed E-state index contributed by atoms with van der Waals surface area (Å²) in [5.74, 6) is -1.30. The number of nitrogens with one attached hydrogen (secondary N) is 1. The lowest BCUT2D eigenvalue weighted by Gasteiger charge is -2.09. The number of carbonyl (C=O) groups is 1. The van der Waals surface area contributed by atoms with E-state index in [1.54, 1.807) is 6.92 Å². The molecule has 0 aliphatic rings. The maximum Gasteiger partial charge on any atom is 0.189 e. The van der Waals surface area contributed by atoms with Crippen molar-refractivity contribution >= 4 is 17.5 Å². The number of carbonyl (C=O) groups excluding carboxylic acids is 1. The minimum atomic E-state index is -0.738. The number of H-pyrrole nitrogens is 1. The number of thioether (sulfide) groups is 1. The van der Waals surface area contributed by atoms with Gasteiger partial charge in [-0.25, -0.2) is 8.78 Å². The van der Waals surface area contributed by atoms with Crippen LogP contribution >= 0.6 is 11.8 Å². The van der Waals surface area contributed by atoms with E-state index < -0.39 is 22.7 Å². The highest BCUT2D eigenvalue weighted by molar-refractivity contribution is 8.00. The number of rotatable bonds is 6. The molecule has 1 heterocycles. The van der Waals surface area contributed by atoms with Crippen LogP contribution in [0.2, 0.25) is 0 Å². The smallest absolute Gasteiger partial charge is 0.189 e. The number of hydrogen-bond acceptors (Lipinski definition) is 4. The van der Waals surface area contributed by atoms with Crippen LogP contribution in [-0.4, -0.2) is 26.2 Å². The Morgan fingerprint density at radius 1 is 1.15 bits per heavy atom. The Labute approximate surface area is 154 Å². The minimum absolute atomic E-state index is 0.264. The highest BCUT2D eigenvalue weighted by atomic mass is 32.2. The number of aromatic amines is 1. The van der Waals surface area contributed by atoms with Gasteiger partial charge in [-0.15, -0.1) is 10.2 Å². The Morgan fingerprint density at radius 2 is 1.88 bits per heavy atom. The zero-order valence-corrected chi connectivity index (χ0v) is 15.1. The van der Waals surface area contributed by atoms with Crippen LogP contribution in [0.1, 0.15) is 29.8 Å². The van der Waals surface area contributed by atoms with E-state index in [0.29, 0.717) is 11.0 Å². The SMILES string of the molecule is CCc1ccc(-c2nnc(SC(C)C(=O)c3cc(F)ccc3F)[nH]2)cc1. The number of halogens is 2. The van der Waals surface area contributed by atoms with Crippen molar-refractivity contribution in [3.63, 3.8) is 0 Å². The van der Waals surface area contributed by atoms with Gasteiger partial charge in [-0.2, -0.15) is 0 Å². The van der Waals surface area contributed by atoms with Gasteiger partial charge in [0.15, 0.2) is 16.8 Å². The lowest BCUT2D eigenvalue weighted by Crippen LogP contribution is -2.15. The van der Waals surface area contributed by atoms with Crippen molar-refractivity contribution < 1.29 is 13.6 Å². The second-order valence-electron chi connectivity index (χ2n) is 5.78. The summed E-state index contributed by atoms with van der Waals surface area (Å²) in [4.78, 5) is 15.4. The summed E-state index contributed by atoms with van der Waals surface area (Å²) in [6.45, 7) is 3.70. The van der Waals surface area contributed by atoms with E-state index in [9.17, 15) is 13.6 Å². The number of aryl methyl sites for hydroxylation is 1. The molecule has 0 aliphatic heterocycles. The van der Waals surface area contributed by atoms with Gasteiger partial charge in [-0.3, -0.25) is 4.79 Å². The van der Waals surface area contributed by atoms with E-state index in [1.807, 2.05) is 24.3 Å². The van der Waals surface area contributed by atoms with Gasteiger partial charge in [0.05, 0.1) is 10.8 Å². The van der Waals surface area contributed by atoms with Crippen molar-refractivity contribution in [2.45, 2.75) is 30.7 Å². The summed E-state index contributed by atoms with van der Waals surface area (Å²) in [5, 5.41) is 7.91. The summed E-state index contributed by atoms with van der Waals surface area (Å²) < 4.78 is 27.1. The van der Waals surface area contributed by atoms with Crippen LogP contribution in [0.4, 0.5) is 8.78 Å². The zero-order chi connectivity index (χ0) is 18.7. The molecular weight excluding hydrogens is 356 g/mol. The second kappa shape index (κ2) is 7.78. The number of aromatic nitrogens is 3. The van der Waals surface area contributed by atoms with E-state index in [-0.39, 0.29) is 5.56 Å². The molecule has 1 unspecified atom stereocenters. The third kappa shape index (κ3) is 3.99. The van der Waals surface area contributed by atoms with Crippen LogP contribution in [0, 0.1) is 11.6 Å². The van der Waals surface area contributed by atoms with Crippen LogP contribution in [0.25, 0.3) is 11.4 Å². The lowest BCUT2D eigenvalue weighted by molar-refractivity contribution is 0.0989. The Bertz CT molecular complexity index is 925. The van der Waals surface area contributed by atoms with Crippen LogP contribution < -0.4 is 0 Å². The number of Topliss-reactive ketones (excluding diaryl/α,β-unsaturated/α-hetero) is 1. The molecule has 3 rings (SSSR count). The third-order valence-corrected chi connectivity index (χ3v) is 4.93. The lowest BCUT2D eigenvalue weighted by atomic mass is 10.1. The molecule has 0 aliphatic carbocycles. The van der Waals surface area contributed by atoms with Gasteiger partial charge >= 0.3 is 0 Å². The van der Waals surface area contributed by atoms with Crippen LogP contribution in [0.3, 0.4) is 0 Å². The molecule has 134 valence electrons. The fourth-order valence-corrected chi connectivity index (χ4v) is 3.27. The van der Waals surface area contributed by atoms with Crippen LogP contribution in [0.5, 0.6) is 0 Å². The number of ketones is 1. The summed E-state index contributed by atoms with van der Waals surface area (Å²) in [6, 6.07) is 10.8. The Morgan fingerprint density at radius 3 is 2.58 bits per heavy atom. The first-order valence-electron chi connectivity index (χ1n) is 8.16. The molecule has 0 saturated carbocycles. The molecule has 1 atom stereocenters. The summed E-state index contributed by atoms with van der Waals surface area (Å²) in [6.07, 6.45) is 0.952. The predicted molar refractivity (Wildman–Crippen MR) is 97.2 cm³/mol. The van der Waals surface area contributed by atoms with Gasteiger partial charge < -0.3 is 4.98 Å². The van der Waals surface area contributed by atoms with Gasteiger partial charge in [0.2, 0.25) is 0 Å². The van der Waals surface area contributed by atoms with E-state index >= 15 is 0 Å². The maximum atomic E-state index is 13.8. The van der Waals surface area contributed by atoms with Crippen LogP contribution in [-0.2, 0) is 6.42 Å². The van der Waals surface area contributed by atoms with E-state index in [2.05, 4.69) is 22.1 Å². The molecule has 2 aromatic carbocycles. The maximum absolute atomic E-state index is 13.8. The molecule has 1 aromatic heterocycles. The van der Waals surface area contributed by atoms with Gasteiger partial charge in [0.25, 0.3) is 0 Å². The summed E-state index contributed by atoms with van der Waals surface area (Å²) in [7, 11) is 0. The van der Waals surface area contributed by atoms with E-state index in [1.165, 1.54) is 5.56 Å². The van der Waals surface area contributed by atoms with Crippen molar-refractivity contribution in [2.24, 2.45) is 0 Å². The molecule has 0 amide bonds. The molecule has 26 heavy (non-hydrogen) atoms. The molecule has 1 N–H and O–H groups in total. The minimum Gasteiger partial charge on any atom is -0.316 e. The molecule has 3 aromatic rings. The van der Waals surface area contributed by atoms with Gasteiger partial charge in [-0.05, 0) is 37.1 Å². The summed E-state index contributed by atoms with van der Waals surface area (Å²) in [5.41, 5.74) is 1.84. The number of benzene rings is 2. The standard InChI is InChI=1S/C19H17F2N3OS/c1-3-12-4-6-13(7-5-12)18-22-19(24-23-18)26-11(2)17(25)15-10-14(20)8-9-16(15)21/h4-11H,3H2,1-2H3,(H,22,23,24). The Kier molecular flexibility index (Phi) is 5.46. The molecule has 7 heteroatoms. The Balaban J connectivity index is 1.73. The van der Waals surface area contributed by atoms with Crippen molar-refractivity contribution in [2.75, 3.05) is 0 Å². The van der Waals surface area contributed by atoms with Crippen LogP contribution in [0.15, 0.2) is 47.6 Å². The van der Waals surface area contributed by atoms with Gasteiger partial charge in [0.1, 0.15) is 11.6 Å². The topological polar surface area (TPSA) is 58.6 Å². The summed E-state index contributed by atoms with van der Waals surface area (Å²) >= 11 is 1.12. The van der Waals surface area contributed by atoms with Crippen molar-refractivity contribution in [1.82, 2.24) is 15.2 Å². The van der Waals surface area contributed by atoms with Gasteiger partial charge in [-0.1, -0.05) is 43.0 Å². The first-order chi connectivity index (χ1) is 12.5. The largest absolute Gasteiger partial charge is 0.316 e. The third-order valence-electron chi connectivity index (χ3n) is 3.95. The molecule has 0 fully saturated rings. The number of nitrogens with zero attached hydrogens (tertiary/aromatic N) is 2. The molecule has 0 bridgehead atoms. The Hall–Kier alpha value is -2.54. The van der Waals surface area contributed by atoms with E-state index in [4.69, 9.17) is 0 Å². The van der Waals surface area contributed by atoms with Crippen molar-refractivity contribution in [3.05, 3.63) is 65.2 Å². The highest BCUT2D eigenvalue weighted by Crippen LogP contribution is 2.26. The first kappa shape index (κ1) is 18.3. The van der Waals surface area contributed by atoms with Gasteiger partial charge in [0, 0.05) is 5.56 Å². The highest BCUT2D eigenvalue weighted by Gasteiger charge is 2.22. The zero-order valence-electron chi connectivity index (χ0n) is 14.3.